The smallest absolute Gasteiger partial charge is 0.390 e. The lowest BCUT2D eigenvalue weighted by Gasteiger charge is -2.11. The van der Waals surface area contributed by atoms with E-state index in [2.05, 4.69) is 4.52 Å². The fourth-order valence-electron chi connectivity index (χ4n) is 0.419. The second kappa shape index (κ2) is 4.81. The van der Waals surface area contributed by atoms with E-state index in [1.54, 1.807) is 0 Å². The van der Waals surface area contributed by atoms with E-state index in [9.17, 15) is 4.79 Å². The van der Waals surface area contributed by atoms with Crippen molar-refractivity contribution in [1.82, 2.24) is 0 Å². The molecule has 2 unspecified atom stereocenters. The lowest BCUT2D eigenvalue weighted by Crippen LogP contribution is -2.24. The molecule has 0 aliphatic rings. The number of carbonyl (C=O) groups excluding carboxylic acids is 1. The maximum atomic E-state index is 10.1. The first kappa shape index (κ1) is 11.9. The summed E-state index contributed by atoms with van der Waals surface area (Å²) in [5.41, 5.74) is 0. The molecular formula is C5H12O6P+. The molecule has 0 radical (unpaired) electrons. The summed E-state index contributed by atoms with van der Waals surface area (Å²) in [6.45, 7) is 0.949. The van der Waals surface area contributed by atoms with Crippen LogP contribution in [0, 0.1) is 5.92 Å². The lowest BCUT2D eigenvalue weighted by molar-refractivity contribution is -0.114. The molecule has 0 saturated heterocycles. The van der Waals surface area contributed by atoms with Crippen LogP contribution in [0.2, 0.25) is 0 Å². The van der Waals surface area contributed by atoms with E-state index in [1.165, 1.54) is 6.92 Å². The Kier molecular flexibility index (Phi) is 4.77. The average Bonchev–Trinajstić information content (AvgIpc) is 1.97. The summed E-state index contributed by atoms with van der Waals surface area (Å²) < 4.78 is 4.08. The van der Waals surface area contributed by atoms with Crippen LogP contribution in [0.1, 0.15) is 6.92 Å². The third-order valence-electron chi connectivity index (χ3n) is 1.24. The number of aliphatic hydroxyl groups excluding tert-OH is 1. The van der Waals surface area contributed by atoms with Gasteiger partial charge in [-0.3, -0.25) is 0 Å². The zero-order valence-electron chi connectivity index (χ0n) is 6.49. The third kappa shape index (κ3) is 5.54. The van der Waals surface area contributed by atoms with E-state index in [4.69, 9.17) is 19.8 Å². The van der Waals surface area contributed by atoms with Gasteiger partial charge in [-0.2, -0.15) is 19.2 Å². The minimum absolute atomic E-state index is 0.489. The third-order valence-corrected chi connectivity index (χ3v) is 1.74. The van der Waals surface area contributed by atoms with Gasteiger partial charge in [0.25, 0.3) is 0 Å². The van der Waals surface area contributed by atoms with E-state index in [-0.39, 0.29) is 0 Å². The number of hydrogen-bond acceptors (Lipinski definition) is 6. The van der Waals surface area contributed by atoms with Gasteiger partial charge < -0.3 is 9.90 Å². The van der Waals surface area contributed by atoms with Crippen LogP contribution in [0.4, 0.5) is 0 Å². The highest BCUT2D eigenvalue weighted by atomic mass is 31.2. The molecule has 0 aromatic rings. The van der Waals surface area contributed by atoms with Crippen LogP contribution in [0.15, 0.2) is 0 Å². The van der Waals surface area contributed by atoms with Crippen molar-refractivity contribution in [2.45, 2.75) is 13.0 Å². The molecule has 0 aliphatic carbocycles. The quantitative estimate of drug-likeness (QED) is 0.329. The fraction of sp³-hybridized carbons (Fsp3) is 0.800. The summed E-state index contributed by atoms with van der Waals surface area (Å²) >= 11 is 0. The molecule has 0 aromatic carbocycles. The van der Waals surface area contributed by atoms with E-state index in [0.29, 0.717) is 6.29 Å². The topological polar surface area (TPSA) is 107 Å². The average molecular weight is 199 g/mol. The van der Waals surface area contributed by atoms with Gasteiger partial charge in [0.1, 0.15) is 12.9 Å². The van der Waals surface area contributed by atoms with Gasteiger partial charge in [-0.05, 0) is 0 Å². The van der Waals surface area contributed by atoms with Gasteiger partial charge in [-0.15, -0.1) is 0 Å². The van der Waals surface area contributed by atoms with Crippen LogP contribution in [-0.2, 0) is 9.32 Å². The molecule has 12 heavy (non-hydrogen) atoms. The minimum atomic E-state index is -4.30. The molecule has 0 heterocycles. The van der Waals surface area contributed by atoms with Crippen LogP contribution in [0.5, 0.6) is 0 Å². The van der Waals surface area contributed by atoms with Gasteiger partial charge in [-0.25, -0.2) is 0 Å². The largest absolute Gasteiger partial charge is 0.567 e. The molecular weight excluding hydrogens is 187 g/mol. The fourth-order valence-corrected chi connectivity index (χ4v) is 0.772. The Morgan fingerprint density at radius 1 is 1.50 bits per heavy atom. The highest BCUT2D eigenvalue weighted by Crippen LogP contribution is 2.45. The summed E-state index contributed by atoms with van der Waals surface area (Å²) in [4.78, 5) is 35.0. The predicted octanol–water partition coefficient (Wildman–Crippen LogP) is -1.15. The summed E-state index contributed by atoms with van der Waals surface area (Å²) in [7, 11) is -4.30. The van der Waals surface area contributed by atoms with Gasteiger partial charge in [-0.1, -0.05) is 6.92 Å². The zero-order chi connectivity index (χ0) is 9.78. The van der Waals surface area contributed by atoms with Crippen LogP contribution >= 0.6 is 8.17 Å². The van der Waals surface area contributed by atoms with E-state index in [1.807, 2.05) is 0 Å². The number of hydrogen-bond donors (Lipinski definition) is 4. The predicted molar refractivity (Wildman–Crippen MR) is 40.8 cm³/mol. The second-order valence-electron chi connectivity index (χ2n) is 2.37. The highest BCUT2D eigenvalue weighted by Gasteiger charge is 2.34. The molecule has 72 valence electrons. The van der Waals surface area contributed by atoms with Crippen molar-refractivity contribution in [2.24, 2.45) is 5.92 Å². The van der Waals surface area contributed by atoms with Crippen LogP contribution in [0.25, 0.3) is 0 Å². The van der Waals surface area contributed by atoms with Crippen molar-refractivity contribution in [3.05, 3.63) is 0 Å². The summed E-state index contributed by atoms with van der Waals surface area (Å²) in [6, 6.07) is 0. The molecule has 7 heteroatoms. The molecule has 0 aromatic heterocycles. The molecule has 0 rings (SSSR count). The van der Waals surface area contributed by atoms with E-state index < -0.39 is 26.8 Å². The van der Waals surface area contributed by atoms with Crippen LogP contribution in [0.3, 0.4) is 0 Å². The molecule has 0 fully saturated rings. The minimum Gasteiger partial charge on any atom is -0.390 e. The van der Waals surface area contributed by atoms with Crippen molar-refractivity contribution < 1.29 is 29.1 Å². The maximum Gasteiger partial charge on any atom is 0.567 e. The Balaban J connectivity index is 3.71. The Labute approximate surface area is 70.1 Å². The number of aliphatic hydroxyl groups is 1. The maximum absolute atomic E-state index is 10.1. The number of carbonyl (C=O) groups is 1. The Morgan fingerprint density at radius 3 is 2.33 bits per heavy atom. The molecule has 2 atom stereocenters. The molecule has 4 N–H and O–H groups in total. The first-order valence-electron chi connectivity index (χ1n) is 3.22. The van der Waals surface area contributed by atoms with Gasteiger partial charge in [0, 0.05) is 5.92 Å². The Hall–Kier alpha value is -0.100. The summed E-state index contributed by atoms with van der Waals surface area (Å²) in [6.07, 6.45) is -0.645. The summed E-state index contributed by atoms with van der Waals surface area (Å²) in [5, 5.41) is 9.01. The molecule has 0 spiro atoms. The standard InChI is InChI=1S/C5H12O6P/c1-4(2-6)5(7)3-11-12(8,9)10/h2,4-5,7-10H,3H2,1H3/q+1. The first-order valence-corrected chi connectivity index (χ1v) is 4.78. The summed E-state index contributed by atoms with van der Waals surface area (Å²) in [5.74, 6) is -0.670. The zero-order valence-corrected chi connectivity index (χ0v) is 7.39. The molecule has 0 bridgehead atoms. The molecule has 0 amide bonds. The van der Waals surface area contributed by atoms with Crippen molar-refractivity contribution in [3.63, 3.8) is 0 Å². The van der Waals surface area contributed by atoms with Gasteiger partial charge in [0.05, 0.1) is 6.10 Å². The number of rotatable bonds is 5. The second-order valence-corrected chi connectivity index (χ2v) is 3.66. The SMILES string of the molecule is CC(C=O)C(O)CO[P+](O)(O)O. The lowest BCUT2D eigenvalue weighted by atomic mass is 10.1. The molecule has 0 saturated carbocycles. The van der Waals surface area contributed by atoms with E-state index in [0.717, 1.165) is 0 Å². The Morgan fingerprint density at radius 2 is 2.00 bits per heavy atom. The van der Waals surface area contributed by atoms with Gasteiger partial charge >= 0.3 is 8.17 Å². The van der Waals surface area contributed by atoms with E-state index >= 15 is 0 Å². The van der Waals surface area contributed by atoms with Gasteiger partial charge in [0.2, 0.25) is 0 Å². The van der Waals surface area contributed by atoms with Gasteiger partial charge in [0.15, 0.2) is 0 Å². The first-order chi connectivity index (χ1) is 5.37. The molecule has 6 nitrogen and oxygen atoms in total. The Bertz CT molecular complexity index is 143. The van der Waals surface area contributed by atoms with Crippen molar-refractivity contribution >= 4 is 14.5 Å². The number of aldehydes is 1. The highest BCUT2D eigenvalue weighted by molar-refractivity contribution is 7.53. The molecule has 0 aliphatic heterocycles. The normalized spacial score (nSPS) is 17.1. The van der Waals surface area contributed by atoms with Crippen LogP contribution in [-0.4, -0.2) is 38.8 Å². The van der Waals surface area contributed by atoms with Crippen molar-refractivity contribution in [3.8, 4) is 0 Å². The van der Waals surface area contributed by atoms with Crippen LogP contribution < -0.4 is 0 Å². The monoisotopic (exact) mass is 199 g/mol. The van der Waals surface area contributed by atoms with Crippen molar-refractivity contribution in [2.75, 3.05) is 6.61 Å². The van der Waals surface area contributed by atoms with Crippen molar-refractivity contribution in [1.29, 1.82) is 0 Å².